The third-order valence-corrected chi connectivity index (χ3v) is 2.63. The lowest BCUT2D eigenvalue weighted by atomic mass is 10.3. The van der Waals surface area contributed by atoms with Gasteiger partial charge >= 0.3 is 18.3 Å². The zero-order valence-electron chi connectivity index (χ0n) is 15.1. The van der Waals surface area contributed by atoms with E-state index in [4.69, 9.17) is 33.5 Å². The number of ether oxygens (including phenoxy) is 6. The second-order valence-corrected chi connectivity index (χ2v) is 5.05. The van der Waals surface area contributed by atoms with Crippen LogP contribution in [0.2, 0.25) is 0 Å². The minimum atomic E-state index is -1.09. The Morgan fingerprint density at radius 1 is 0.923 bits per heavy atom. The molecule has 1 unspecified atom stereocenters. The van der Waals surface area contributed by atoms with Crippen molar-refractivity contribution in [2.75, 3.05) is 46.8 Å². The first kappa shape index (κ1) is 23.7. The van der Waals surface area contributed by atoms with E-state index in [2.05, 4.69) is 6.58 Å². The lowest BCUT2D eigenvalue weighted by Gasteiger charge is -2.17. The van der Waals surface area contributed by atoms with Gasteiger partial charge in [0.25, 0.3) is 0 Å². The average Bonchev–Trinajstić information content (AvgIpc) is 2.60. The van der Waals surface area contributed by atoms with Gasteiger partial charge in [0.05, 0.1) is 13.2 Å². The van der Waals surface area contributed by atoms with Crippen LogP contribution in [0.1, 0.15) is 19.8 Å². The predicted octanol–water partition coefficient (Wildman–Crippen LogP) is 1.20. The second-order valence-electron chi connectivity index (χ2n) is 5.05. The molecule has 10 heteroatoms. The van der Waals surface area contributed by atoms with Gasteiger partial charge in [-0.3, -0.25) is 0 Å². The molecule has 1 N–H and O–H groups in total. The Bertz CT molecular complexity index is 448. The lowest BCUT2D eigenvalue weighted by Crippen LogP contribution is -2.31. The van der Waals surface area contributed by atoms with Crippen LogP contribution < -0.4 is 0 Å². The van der Waals surface area contributed by atoms with Crippen molar-refractivity contribution in [1.82, 2.24) is 0 Å². The van der Waals surface area contributed by atoms with Crippen LogP contribution in [0.4, 0.5) is 9.59 Å². The highest BCUT2D eigenvalue weighted by molar-refractivity contribution is 5.86. The van der Waals surface area contributed by atoms with Crippen LogP contribution in [-0.4, -0.2) is 76.2 Å². The van der Waals surface area contributed by atoms with Crippen LogP contribution in [0.3, 0.4) is 0 Å². The van der Waals surface area contributed by atoms with Crippen molar-refractivity contribution in [2.45, 2.75) is 25.9 Å². The maximum absolute atomic E-state index is 11.5. The van der Waals surface area contributed by atoms with E-state index in [9.17, 15) is 14.4 Å². The lowest BCUT2D eigenvalue weighted by molar-refractivity contribution is -0.143. The van der Waals surface area contributed by atoms with Crippen molar-refractivity contribution >= 4 is 18.3 Å². The average molecular weight is 378 g/mol. The molecule has 0 aromatic heterocycles. The Labute approximate surface area is 151 Å². The van der Waals surface area contributed by atoms with Crippen molar-refractivity contribution in [1.29, 1.82) is 0 Å². The molecule has 0 aliphatic carbocycles. The van der Waals surface area contributed by atoms with Crippen LogP contribution in [0.5, 0.6) is 0 Å². The quantitative estimate of drug-likeness (QED) is 0.216. The third kappa shape index (κ3) is 13.0. The van der Waals surface area contributed by atoms with Crippen LogP contribution in [0.15, 0.2) is 12.2 Å². The van der Waals surface area contributed by atoms with Gasteiger partial charge < -0.3 is 33.5 Å². The fourth-order valence-electron chi connectivity index (χ4n) is 1.36. The molecule has 150 valence electrons. The Morgan fingerprint density at radius 3 is 2.15 bits per heavy atom. The number of carbonyl (C=O) groups is 3. The zero-order valence-corrected chi connectivity index (χ0v) is 15.1. The summed E-state index contributed by atoms with van der Waals surface area (Å²) in [5.74, 6) is -0.686. The number of aliphatic hydroxyl groups is 1. The maximum atomic E-state index is 11.5. The monoisotopic (exact) mass is 378 g/mol. The summed E-state index contributed by atoms with van der Waals surface area (Å²) in [6, 6.07) is 0. The molecule has 0 saturated heterocycles. The van der Waals surface area contributed by atoms with Crippen LogP contribution in [-0.2, 0) is 33.2 Å². The molecule has 0 radical (unpaired) electrons. The number of hydrogen-bond acceptors (Lipinski definition) is 10. The molecule has 0 amide bonds. The second kappa shape index (κ2) is 15.0. The fraction of sp³-hybridized carbons (Fsp3) is 0.688. The summed E-state index contributed by atoms with van der Waals surface area (Å²) >= 11 is 0. The zero-order chi connectivity index (χ0) is 19.8. The van der Waals surface area contributed by atoms with E-state index < -0.39 is 31.0 Å². The summed E-state index contributed by atoms with van der Waals surface area (Å²) in [4.78, 5) is 34.4. The Balaban J connectivity index is 4.37. The summed E-state index contributed by atoms with van der Waals surface area (Å²) in [5, 5.41) is 8.63. The highest BCUT2D eigenvalue weighted by Gasteiger charge is 2.21. The van der Waals surface area contributed by atoms with Gasteiger partial charge in [-0.1, -0.05) is 6.58 Å². The van der Waals surface area contributed by atoms with Gasteiger partial charge in [-0.2, -0.15) is 0 Å². The van der Waals surface area contributed by atoms with Gasteiger partial charge in [-0.25, -0.2) is 14.4 Å². The molecule has 0 fully saturated rings. The van der Waals surface area contributed by atoms with Crippen LogP contribution in [0.25, 0.3) is 0 Å². The fourth-order valence-corrected chi connectivity index (χ4v) is 1.36. The first-order chi connectivity index (χ1) is 12.4. The summed E-state index contributed by atoms with van der Waals surface area (Å²) < 4.78 is 28.9. The molecule has 0 rings (SSSR count). The first-order valence-corrected chi connectivity index (χ1v) is 7.96. The molecule has 1 atom stereocenters. The standard InChI is InChI=1S/C16H26O10/c1-12(2)14(18)24-10-13(26-16(20)23-8-4-6-17)11-25-15(19)22-9-5-7-21-3/h13,17H,1,4-11H2,2-3H3. The van der Waals surface area contributed by atoms with Crippen molar-refractivity contribution in [2.24, 2.45) is 0 Å². The molecule has 0 aromatic rings. The molecule has 0 aliphatic rings. The van der Waals surface area contributed by atoms with Gasteiger partial charge in [0.1, 0.15) is 13.2 Å². The van der Waals surface area contributed by atoms with E-state index in [0.717, 1.165) is 0 Å². The highest BCUT2D eigenvalue weighted by atomic mass is 16.8. The molecule has 26 heavy (non-hydrogen) atoms. The summed E-state index contributed by atoms with van der Waals surface area (Å²) in [6.45, 7) is 4.45. The molecule has 0 spiro atoms. The topological polar surface area (TPSA) is 127 Å². The van der Waals surface area contributed by atoms with Gasteiger partial charge in [-0.05, 0) is 6.92 Å². The van der Waals surface area contributed by atoms with Gasteiger partial charge in [0, 0.05) is 38.7 Å². The highest BCUT2D eigenvalue weighted by Crippen LogP contribution is 2.03. The van der Waals surface area contributed by atoms with E-state index in [1.807, 2.05) is 0 Å². The number of hydrogen-bond donors (Lipinski definition) is 1. The van der Waals surface area contributed by atoms with Gasteiger partial charge in [0.2, 0.25) is 0 Å². The Hall–Kier alpha value is -2.33. The number of esters is 1. The Kier molecular flexibility index (Phi) is 13.6. The Morgan fingerprint density at radius 2 is 1.54 bits per heavy atom. The summed E-state index contributed by atoms with van der Waals surface area (Å²) in [5.41, 5.74) is 0.160. The molecule has 10 nitrogen and oxygen atoms in total. The molecule has 0 bridgehead atoms. The minimum absolute atomic E-state index is 0.0456. The molecule has 0 aliphatic heterocycles. The SMILES string of the molecule is C=C(C)C(=O)OCC(COC(=O)OCCCOC)OC(=O)OCCCO. The van der Waals surface area contributed by atoms with Gasteiger partial charge in [0.15, 0.2) is 6.10 Å². The maximum Gasteiger partial charge on any atom is 0.508 e. The molecular weight excluding hydrogens is 352 g/mol. The van der Waals surface area contributed by atoms with E-state index >= 15 is 0 Å². The largest absolute Gasteiger partial charge is 0.508 e. The van der Waals surface area contributed by atoms with Crippen LogP contribution >= 0.6 is 0 Å². The van der Waals surface area contributed by atoms with E-state index in [1.54, 1.807) is 0 Å². The minimum Gasteiger partial charge on any atom is -0.458 e. The van der Waals surface area contributed by atoms with E-state index in [0.29, 0.717) is 13.0 Å². The number of rotatable bonds is 13. The predicted molar refractivity (Wildman–Crippen MR) is 87.5 cm³/mol. The number of methoxy groups -OCH3 is 1. The molecule has 0 saturated carbocycles. The van der Waals surface area contributed by atoms with Gasteiger partial charge in [-0.15, -0.1) is 0 Å². The summed E-state index contributed by atoms with van der Waals surface area (Å²) in [7, 11) is 1.52. The number of carbonyl (C=O) groups excluding carboxylic acids is 3. The van der Waals surface area contributed by atoms with Crippen molar-refractivity contribution < 1.29 is 47.9 Å². The van der Waals surface area contributed by atoms with Crippen LogP contribution in [0, 0.1) is 0 Å². The third-order valence-electron chi connectivity index (χ3n) is 2.63. The molecule has 0 heterocycles. The van der Waals surface area contributed by atoms with E-state index in [1.165, 1.54) is 14.0 Å². The summed E-state index contributed by atoms with van der Waals surface area (Å²) in [6.07, 6.45) is -2.36. The molecular formula is C16H26O10. The number of aliphatic hydroxyl groups excluding tert-OH is 1. The molecule has 0 aromatic carbocycles. The van der Waals surface area contributed by atoms with E-state index in [-0.39, 0.29) is 38.4 Å². The van der Waals surface area contributed by atoms with Crippen molar-refractivity contribution in [3.8, 4) is 0 Å². The van der Waals surface area contributed by atoms with Crippen molar-refractivity contribution in [3.63, 3.8) is 0 Å². The first-order valence-electron chi connectivity index (χ1n) is 7.96. The normalized spacial score (nSPS) is 11.2. The van der Waals surface area contributed by atoms with Crippen molar-refractivity contribution in [3.05, 3.63) is 12.2 Å². The smallest absolute Gasteiger partial charge is 0.458 e.